The molecule has 0 bridgehead atoms. The van der Waals surface area contributed by atoms with Crippen molar-refractivity contribution < 1.29 is 14.9 Å². The Kier molecular flexibility index (Phi) is 4.70. The van der Waals surface area contributed by atoms with E-state index in [1.807, 2.05) is 35.3 Å². The van der Waals surface area contributed by atoms with E-state index in [0.717, 1.165) is 58.2 Å². The molecule has 2 N–H and O–H groups in total. The van der Waals surface area contributed by atoms with Crippen LogP contribution in [-0.4, -0.2) is 42.8 Å². The number of hydrogen-bond donors (Lipinski definition) is 2. The van der Waals surface area contributed by atoms with Crippen molar-refractivity contribution in [3.05, 3.63) is 28.9 Å². The van der Waals surface area contributed by atoms with E-state index in [1.165, 1.54) is 11.3 Å². The summed E-state index contributed by atoms with van der Waals surface area (Å²) in [7, 11) is 1.71. The lowest BCUT2D eigenvalue weighted by atomic mass is 9.97. The molecule has 0 spiro atoms. The number of nitrogens with zero attached hydrogens (tertiary/aromatic N) is 3. The normalized spacial score (nSPS) is 26.1. The highest BCUT2D eigenvalue weighted by Gasteiger charge is 2.55. The van der Waals surface area contributed by atoms with Gasteiger partial charge in [-0.25, -0.2) is 9.50 Å². The van der Waals surface area contributed by atoms with Crippen molar-refractivity contribution in [2.24, 2.45) is 5.92 Å². The Hall–Kier alpha value is -1.61. The van der Waals surface area contributed by atoms with Gasteiger partial charge in [0, 0.05) is 10.8 Å². The van der Waals surface area contributed by atoms with E-state index in [1.54, 1.807) is 21.0 Å². The fraction of sp³-hybridized carbons (Fsp3) is 0.545. The van der Waals surface area contributed by atoms with Crippen LogP contribution < -0.4 is 4.74 Å². The summed E-state index contributed by atoms with van der Waals surface area (Å²) in [6, 6.07) is 6.22. The highest BCUT2D eigenvalue weighted by atomic mass is 32.2. The van der Waals surface area contributed by atoms with Crippen LogP contribution >= 0.6 is 23.1 Å². The third-order valence-corrected chi connectivity index (χ3v) is 8.83. The van der Waals surface area contributed by atoms with Crippen LogP contribution in [0.25, 0.3) is 16.2 Å². The van der Waals surface area contributed by atoms with Crippen molar-refractivity contribution in [2.45, 2.75) is 67.8 Å². The van der Waals surface area contributed by atoms with E-state index in [2.05, 4.69) is 16.1 Å². The molecular formula is C22H27N3O3S2. The molecule has 0 radical (unpaired) electrons. The lowest BCUT2D eigenvalue weighted by molar-refractivity contribution is 0.0773. The average molecular weight is 446 g/mol. The van der Waals surface area contributed by atoms with Gasteiger partial charge in [-0.1, -0.05) is 11.3 Å². The molecule has 2 saturated carbocycles. The quantitative estimate of drug-likeness (QED) is 0.606. The minimum absolute atomic E-state index is 0.369. The first-order valence-corrected chi connectivity index (χ1v) is 12.0. The van der Waals surface area contributed by atoms with E-state index in [4.69, 9.17) is 4.74 Å². The molecule has 8 heteroatoms. The molecule has 2 aliphatic carbocycles. The second kappa shape index (κ2) is 6.95. The fourth-order valence-corrected chi connectivity index (χ4v) is 6.79. The molecule has 0 saturated heterocycles. The lowest BCUT2D eigenvalue weighted by Crippen LogP contribution is -2.22. The summed E-state index contributed by atoms with van der Waals surface area (Å²) in [4.78, 5) is 6.57. The molecule has 0 aliphatic heterocycles. The highest BCUT2D eigenvalue weighted by molar-refractivity contribution is 8.00. The van der Waals surface area contributed by atoms with E-state index in [-0.39, 0.29) is 5.60 Å². The molecular weight excluding hydrogens is 418 g/mol. The summed E-state index contributed by atoms with van der Waals surface area (Å²) in [5.74, 6) is 1.33. The fourth-order valence-electron chi connectivity index (χ4n) is 4.45. The summed E-state index contributed by atoms with van der Waals surface area (Å²) in [5.41, 5.74) is 1.53. The summed E-state index contributed by atoms with van der Waals surface area (Å²) < 4.78 is 7.49. The first kappa shape index (κ1) is 20.3. The number of aryl methyl sites for hydroxylation is 1. The predicted molar refractivity (Wildman–Crippen MR) is 119 cm³/mol. The largest absolute Gasteiger partial charge is 0.496 e. The molecule has 5 rings (SSSR count). The molecule has 0 amide bonds. The van der Waals surface area contributed by atoms with Crippen LogP contribution in [0.2, 0.25) is 0 Å². The van der Waals surface area contributed by atoms with Gasteiger partial charge in [-0.2, -0.15) is 5.10 Å². The molecule has 2 aromatic heterocycles. The highest BCUT2D eigenvalue weighted by Crippen LogP contribution is 2.56. The third kappa shape index (κ3) is 3.43. The van der Waals surface area contributed by atoms with E-state index >= 15 is 0 Å². The number of aromatic nitrogens is 3. The predicted octanol–water partition coefficient (Wildman–Crippen LogP) is 4.40. The Labute approximate surface area is 184 Å². The number of imidazole rings is 1. The van der Waals surface area contributed by atoms with Gasteiger partial charge in [0.25, 0.3) is 0 Å². The monoisotopic (exact) mass is 445 g/mol. The smallest absolute Gasteiger partial charge is 0.213 e. The number of hydrogen-bond acceptors (Lipinski definition) is 7. The number of thioether (sulfide) groups is 1. The van der Waals surface area contributed by atoms with Gasteiger partial charge in [0.1, 0.15) is 16.4 Å². The number of fused-ring (bicyclic) bond motifs is 2. The van der Waals surface area contributed by atoms with Crippen LogP contribution in [0.3, 0.4) is 0 Å². The molecule has 3 aromatic rings. The van der Waals surface area contributed by atoms with Gasteiger partial charge >= 0.3 is 0 Å². The topological polar surface area (TPSA) is 79.9 Å². The zero-order valence-electron chi connectivity index (χ0n) is 17.7. The van der Waals surface area contributed by atoms with E-state index in [9.17, 15) is 10.2 Å². The zero-order chi connectivity index (χ0) is 21.3. The van der Waals surface area contributed by atoms with Crippen molar-refractivity contribution in [3.63, 3.8) is 0 Å². The van der Waals surface area contributed by atoms with Gasteiger partial charge in [0.2, 0.25) is 4.96 Å². The zero-order valence-corrected chi connectivity index (χ0v) is 19.3. The van der Waals surface area contributed by atoms with Crippen molar-refractivity contribution in [2.75, 3.05) is 7.11 Å². The maximum Gasteiger partial charge on any atom is 0.213 e. The van der Waals surface area contributed by atoms with E-state index < -0.39 is 5.60 Å². The van der Waals surface area contributed by atoms with Gasteiger partial charge in [0.05, 0.1) is 29.0 Å². The standard InChI is InChI=1S/C22H27N3O3S2/c1-12-18(25-20(23-12)30-19(24-25)21(2,3)26)13-5-6-16(28-4)17(9-13)29-15-7-8-22(27)11-14(22)10-15/h5-6,9,14-15,26-27H,7-8,10-11H2,1-4H3/t14?,15-,22+/m0/s1. The lowest BCUT2D eigenvalue weighted by Gasteiger charge is -2.25. The molecule has 2 fully saturated rings. The van der Waals surface area contributed by atoms with Crippen LogP contribution in [0, 0.1) is 12.8 Å². The first-order chi connectivity index (χ1) is 14.2. The molecule has 1 aromatic carbocycles. The Morgan fingerprint density at radius 3 is 2.87 bits per heavy atom. The minimum atomic E-state index is -0.997. The molecule has 6 nitrogen and oxygen atoms in total. The summed E-state index contributed by atoms with van der Waals surface area (Å²) in [6.45, 7) is 5.47. The number of ether oxygens (including phenoxy) is 1. The van der Waals surface area contributed by atoms with Crippen LogP contribution in [0.15, 0.2) is 23.1 Å². The second-order valence-electron chi connectivity index (χ2n) is 9.09. The number of benzene rings is 1. The van der Waals surface area contributed by atoms with Gasteiger partial charge in [-0.05, 0) is 70.6 Å². The van der Waals surface area contributed by atoms with Gasteiger partial charge in [-0.15, -0.1) is 11.8 Å². The molecule has 160 valence electrons. The van der Waals surface area contributed by atoms with Gasteiger partial charge in [0.15, 0.2) is 0 Å². The number of rotatable bonds is 5. The Balaban J connectivity index is 1.50. The summed E-state index contributed by atoms with van der Waals surface area (Å²) in [6.07, 6.45) is 3.95. The minimum Gasteiger partial charge on any atom is -0.496 e. The SMILES string of the molecule is COc1ccc(-c2c(C)nc3sc(C(C)(C)O)nn23)cc1S[C@H]1CC[C@@]2(O)CC2C1. The average Bonchev–Trinajstić information content (AvgIpc) is 3.00. The molecule has 3 atom stereocenters. The molecule has 2 aliphatic rings. The summed E-state index contributed by atoms with van der Waals surface area (Å²) >= 11 is 3.27. The van der Waals surface area contributed by atoms with E-state index in [0.29, 0.717) is 16.2 Å². The van der Waals surface area contributed by atoms with Crippen LogP contribution in [-0.2, 0) is 5.60 Å². The first-order valence-electron chi connectivity index (χ1n) is 10.3. The Bertz CT molecular complexity index is 1120. The Morgan fingerprint density at radius 1 is 1.37 bits per heavy atom. The van der Waals surface area contributed by atoms with Crippen LogP contribution in [0.4, 0.5) is 0 Å². The molecule has 1 unspecified atom stereocenters. The molecule has 30 heavy (non-hydrogen) atoms. The number of aliphatic hydroxyl groups is 2. The van der Waals surface area contributed by atoms with Crippen molar-refractivity contribution in [3.8, 4) is 17.0 Å². The Morgan fingerprint density at radius 2 is 2.17 bits per heavy atom. The second-order valence-corrected chi connectivity index (χ2v) is 11.4. The van der Waals surface area contributed by atoms with Crippen LogP contribution in [0.5, 0.6) is 5.75 Å². The van der Waals surface area contributed by atoms with Gasteiger partial charge in [-0.3, -0.25) is 0 Å². The summed E-state index contributed by atoms with van der Waals surface area (Å²) in [5, 5.41) is 26.5. The maximum atomic E-state index is 10.3. The maximum absolute atomic E-state index is 10.3. The van der Waals surface area contributed by atoms with Crippen molar-refractivity contribution in [1.82, 2.24) is 14.6 Å². The molecule has 2 heterocycles. The van der Waals surface area contributed by atoms with Crippen molar-refractivity contribution in [1.29, 1.82) is 0 Å². The van der Waals surface area contributed by atoms with Gasteiger partial charge < -0.3 is 14.9 Å². The third-order valence-electron chi connectivity index (χ3n) is 6.28. The van der Waals surface area contributed by atoms with Crippen LogP contribution in [0.1, 0.15) is 50.2 Å². The number of methoxy groups -OCH3 is 1. The van der Waals surface area contributed by atoms with Crippen molar-refractivity contribution >= 4 is 28.1 Å².